The zero-order valence-corrected chi connectivity index (χ0v) is 16.5. The molecule has 4 atom stereocenters. The smallest absolute Gasteiger partial charge is 0.307 e. The molecule has 0 spiro atoms. The lowest BCUT2D eigenvalue weighted by atomic mass is 9.82. The van der Waals surface area contributed by atoms with Gasteiger partial charge in [-0.1, -0.05) is 29.8 Å². The minimum absolute atomic E-state index is 0.0204. The van der Waals surface area contributed by atoms with Gasteiger partial charge in [-0.3, -0.25) is 9.59 Å². The van der Waals surface area contributed by atoms with Crippen molar-refractivity contribution in [3.63, 3.8) is 0 Å². The van der Waals surface area contributed by atoms with E-state index in [4.69, 9.17) is 0 Å². The molecule has 1 saturated heterocycles. The predicted octanol–water partition coefficient (Wildman–Crippen LogP) is 1.35. The number of carboxylic acids is 1. The van der Waals surface area contributed by atoms with Gasteiger partial charge in [-0.2, -0.15) is 4.31 Å². The number of allylic oxidation sites excluding steroid dienone is 2. The Morgan fingerprint density at radius 2 is 1.54 bits per heavy atom. The lowest BCUT2D eigenvalue weighted by Crippen LogP contribution is -2.53. The molecule has 1 amide bonds. The molecule has 150 valence electrons. The number of carbonyl (C=O) groups excluding carboxylic acids is 1. The highest BCUT2D eigenvalue weighted by Gasteiger charge is 2.52. The number of carboxylic acid groups (broad SMARTS) is 1. The van der Waals surface area contributed by atoms with Crippen LogP contribution in [0, 0.1) is 30.6 Å². The minimum atomic E-state index is -3.59. The topological polar surface area (TPSA) is 95.0 Å². The molecule has 1 aliphatic heterocycles. The number of benzene rings is 1. The fourth-order valence-electron chi connectivity index (χ4n) is 4.71. The number of hydrogen-bond donors (Lipinski definition) is 1. The Morgan fingerprint density at radius 3 is 2.11 bits per heavy atom. The molecule has 7 nitrogen and oxygen atoms in total. The standard InChI is InChI=1S/C20H24N2O5S/c1-13-2-6-16(7-3-13)28(26,27)22-10-8-21(9-11-22)19(23)17-14-4-5-15(12-14)18(17)20(24)25/h2-7,14-15,17-18H,8-12H2,1H3,(H,24,25)/t14-,15-,17-,18+/m0/s1. The first-order chi connectivity index (χ1) is 13.3. The maximum atomic E-state index is 13.0. The van der Waals surface area contributed by atoms with Crippen LogP contribution in [-0.2, 0) is 19.6 Å². The molecule has 1 aromatic carbocycles. The third kappa shape index (κ3) is 3.14. The molecule has 1 saturated carbocycles. The molecule has 2 aliphatic carbocycles. The number of aliphatic carboxylic acids is 1. The van der Waals surface area contributed by atoms with Gasteiger partial charge in [0.25, 0.3) is 0 Å². The SMILES string of the molecule is Cc1ccc(S(=O)(=O)N2CCN(C(=O)[C@@H]3[C@H](C(=O)O)[C@H]4C=C[C@H]3C4)CC2)cc1. The molecule has 1 N–H and O–H groups in total. The van der Waals surface area contributed by atoms with E-state index in [-0.39, 0.29) is 48.8 Å². The number of nitrogens with zero attached hydrogens (tertiary/aromatic N) is 2. The summed E-state index contributed by atoms with van der Waals surface area (Å²) < 4.78 is 27.0. The van der Waals surface area contributed by atoms with Gasteiger partial charge in [0.2, 0.25) is 15.9 Å². The summed E-state index contributed by atoms with van der Waals surface area (Å²) in [7, 11) is -3.59. The summed E-state index contributed by atoms with van der Waals surface area (Å²) in [5, 5.41) is 9.56. The second-order valence-corrected chi connectivity index (χ2v) is 9.82. The fourth-order valence-corrected chi connectivity index (χ4v) is 6.14. The van der Waals surface area contributed by atoms with Gasteiger partial charge in [-0.25, -0.2) is 8.42 Å². The van der Waals surface area contributed by atoms with Crippen molar-refractivity contribution in [2.45, 2.75) is 18.2 Å². The van der Waals surface area contributed by atoms with Crippen molar-refractivity contribution in [1.29, 1.82) is 0 Å². The van der Waals surface area contributed by atoms with Crippen LogP contribution in [0.1, 0.15) is 12.0 Å². The molecule has 4 rings (SSSR count). The molecule has 28 heavy (non-hydrogen) atoms. The molecule has 0 radical (unpaired) electrons. The summed E-state index contributed by atoms with van der Waals surface area (Å²) in [6.45, 7) is 2.91. The highest BCUT2D eigenvalue weighted by Crippen LogP contribution is 2.48. The van der Waals surface area contributed by atoms with Gasteiger partial charge in [0, 0.05) is 26.2 Å². The zero-order chi connectivity index (χ0) is 20.1. The summed E-state index contributed by atoms with van der Waals surface area (Å²) in [4.78, 5) is 26.6. The molecule has 3 aliphatic rings. The number of amides is 1. The molecule has 1 aromatic rings. The maximum Gasteiger partial charge on any atom is 0.307 e. The third-order valence-electron chi connectivity index (χ3n) is 6.24. The second kappa shape index (κ2) is 7.00. The quantitative estimate of drug-likeness (QED) is 0.765. The average Bonchev–Trinajstić information content (AvgIpc) is 3.29. The summed E-state index contributed by atoms with van der Waals surface area (Å²) in [5.74, 6) is -2.37. The van der Waals surface area contributed by atoms with Crippen molar-refractivity contribution >= 4 is 21.9 Å². The highest BCUT2D eigenvalue weighted by atomic mass is 32.2. The van der Waals surface area contributed by atoms with Crippen molar-refractivity contribution in [3.8, 4) is 0 Å². The molecule has 0 unspecified atom stereocenters. The molecule has 1 heterocycles. The van der Waals surface area contributed by atoms with Crippen LogP contribution in [0.2, 0.25) is 0 Å². The van der Waals surface area contributed by atoms with Gasteiger partial charge in [0.15, 0.2) is 0 Å². The Labute approximate surface area is 164 Å². The first-order valence-corrected chi connectivity index (χ1v) is 11.0. The molecular formula is C20H24N2O5S. The average molecular weight is 404 g/mol. The van der Waals surface area contributed by atoms with Crippen LogP contribution in [-0.4, -0.2) is 60.8 Å². The third-order valence-corrected chi connectivity index (χ3v) is 8.15. The van der Waals surface area contributed by atoms with E-state index in [1.54, 1.807) is 29.2 Å². The van der Waals surface area contributed by atoms with Gasteiger partial charge >= 0.3 is 5.97 Å². The second-order valence-electron chi connectivity index (χ2n) is 7.88. The molecule has 2 bridgehead atoms. The van der Waals surface area contributed by atoms with Crippen molar-refractivity contribution < 1.29 is 23.1 Å². The van der Waals surface area contributed by atoms with Crippen LogP contribution in [0.5, 0.6) is 0 Å². The van der Waals surface area contributed by atoms with Gasteiger partial charge in [-0.05, 0) is 37.3 Å². The van der Waals surface area contributed by atoms with Crippen molar-refractivity contribution in [3.05, 3.63) is 42.0 Å². The zero-order valence-electron chi connectivity index (χ0n) is 15.7. The number of fused-ring (bicyclic) bond motifs is 2. The van der Waals surface area contributed by atoms with E-state index in [0.717, 1.165) is 12.0 Å². The molecule has 8 heteroatoms. The van der Waals surface area contributed by atoms with E-state index in [0.29, 0.717) is 0 Å². The van der Waals surface area contributed by atoms with E-state index in [2.05, 4.69) is 0 Å². The number of piperazine rings is 1. The highest BCUT2D eigenvalue weighted by molar-refractivity contribution is 7.89. The van der Waals surface area contributed by atoms with Crippen LogP contribution in [0.25, 0.3) is 0 Å². The Bertz CT molecular complexity index is 916. The van der Waals surface area contributed by atoms with Crippen molar-refractivity contribution in [1.82, 2.24) is 9.21 Å². The van der Waals surface area contributed by atoms with Crippen LogP contribution in [0.15, 0.2) is 41.3 Å². The summed E-state index contributed by atoms with van der Waals surface area (Å²) in [6, 6.07) is 6.73. The van der Waals surface area contributed by atoms with Crippen LogP contribution < -0.4 is 0 Å². The van der Waals surface area contributed by atoms with E-state index < -0.39 is 27.8 Å². The first kappa shape index (κ1) is 19.1. The van der Waals surface area contributed by atoms with Crippen molar-refractivity contribution in [2.24, 2.45) is 23.7 Å². The largest absolute Gasteiger partial charge is 0.481 e. The van der Waals surface area contributed by atoms with E-state index in [1.807, 2.05) is 19.1 Å². The number of rotatable bonds is 4. The number of aryl methyl sites for hydroxylation is 1. The number of carbonyl (C=O) groups is 2. The summed E-state index contributed by atoms with van der Waals surface area (Å²) >= 11 is 0. The summed E-state index contributed by atoms with van der Waals surface area (Å²) in [5.41, 5.74) is 0.988. The van der Waals surface area contributed by atoms with E-state index >= 15 is 0 Å². The predicted molar refractivity (Wildman–Crippen MR) is 102 cm³/mol. The van der Waals surface area contributed by atoms with Gasteiger partial charge in [0.1, 0.15) is 0 Å². The maximum absolute atomic E-state index is 13.0. The van der Waals surface area contributed by atoms with Gasteiger partial charge < -0.3 is 10.0 Å². The Kier molecular flexibility index (Phi) is 4.79. The van der Waals surface area contributed by atoms with Crippen LogP contribution >= 0.6 is 0 Å². The Balaban J connectivity index is 1.44. The summed E-state index contributed by atoms with van der Waals surface area (Å²) in [6.07, 6.45) is 4.60. The van der Waals surface area contributed by atoms with Crippen LogP contribution in [0.4, 0.5) is 0 Å². The van der Waals surface area contributed by atoms with Crippen molar-refractivity contribution in [2.75, 3.05) is 26.2 Å². The number of sulfonamides is 1. The Hall–Kier alpha value is -2.19. The molecule has 2 fully saturated rings. The van der Waals surface area contributed by atoms with E-state index in [9.17, 15) is 23.1 Å². The van der Waals surface area contributed by atoms with Crippen LogP contribution in [0.3, 0.4) is 0 Å². The number of hydrogen-bond acceptors (Lipinski definition) is 4. The lowest BCUT2D eigenvalue weighted by molar-refractivity contribution is -0.151. The monoisotopic (exact) mass is 404 g/mol. The normalized spacial score (nSPS) is 30.0. The fraction of sp³-hybridized carbons (Fsp3) is 0.500. The first-order valence-electron chi connectivity index (χ1n) is 9.56. The Morgan fingerprint density at radius 1 is 0.964 bits per heavy atom. The molecule has 0 aromatic heterocycles. The van der Waals surface area contributed by atoms with E-state index in [1.165, 1.54) is 4.31 Å². The molecular weight excluding hydrogens is 380 g/mol. The minimum Gasteiger partial charge on any atom is -0.481 e. The lowest BCUT2D eigenvalue weighted by Gasteiger charge is -2.37. The van der Waals surface area contributed by atoms with Gasteiger partial charge in [0.05, 0.1) is 16.7 Å². The van der Waals surface area contributed by atoms with Gasteiger partial charge in [-0.15, -0.1) is 0 Å².